The van der Waals surface area contributed by atoms with E-state index in [1.165, 1.54) is 32.4 Å². The molecular weight excluding hydrogens is 1000 g/mol. The first-order valence-electron chi connectivity index (χ1n) is 27.5. The van der Waals surface area contributed by atoms with E-state index in [1.807, 2.05) is 0 Å². The Morgan fingerprint density at radius 3 is 1.53 bits per heavy atom. The lowest BCUT2D eigenvalue weighted by Gasteiger charge is -2.39. The Balaban J connectivity index is 0.916. The predicted octanol–water partition coefficient (Wildman–Crippen LogP) is 8.52. The number of hydrogen-bond acceptors (Lipinski definition) is 12. The number of amides is 4. The SMILES string of the molecule is COC(=O)N[C@H](C(=O)N1CCC[C@H]1c1nc2cc([C@H]3CC[C@H](c4cc5nc([C@@H]6CCCN6C(=O)[C@@H](NC(=O)OC)C6CCOCC6)[nH]c5cc4F)N3C3=CC(F)=C(N4CCCCC4)C(F)C3)c(F)cc2[nH]1)C1CCOCC1. The Hall–Kier alpha value is -6.42. The van der Waals surface area contributed by atoms with Crippen LogP contribution in [0.3, 0.4) is 0 Å². The Bertz CT molecular complexity index is 2770. The number of hydrogen-bond donors (Lipinski definition) is 4. The third-order valence-corrected chi connectivity index (χ3v) is 17.2. The van der Waals surface area contributed by atoms with Crippen LogP contribution in [0.4, 0.5) is 27.2 Å². The van der Waals surface area contributed by atoms with Gasteiger partial charge in [-0.25, -0.2) is 37.1 Å². The number of piperidine rings is 1. The number of likely N-dealkylation sites (tertiary alicyclic amines) is 4. The van der Waals surface area contributed by atoms with Crippen LogP contribution in [0.5, 0.6) is 0 Å². The summed E-state index contributed by atoms with van der Waals surface area (Å²) in [5, 5.41) is 5.54. The number of carbonyl (C=O) groups is 4. The molecule has 6 fully saturated rings. The third kappa shape index (κ3) is 10.4. The summed E-state index contributed by atoms with van der Waals surface area (Å²) in [5.74, 6) is -1.84. The summed E-state index contributed by atoms with van der Waals surface area (Å²) in [6, 6.07) is 1.70. The number of nitrogens with one attached hydrogen (secondary N) is 4. The van der Waals surface area contributed by atoms with Crippen molar-refractivity contribution in [2.45, 2.75) is 132 Å². The molecule has 2 aromatic heterocycles. The van der Waals surface area contributed by atoms with E-state index in [9.17, 15) is 19.2 Å². The van der Waals surface area contributed by atoms with Gasteiger partial charge in [-0.15, -0.1) is 0 Å². The molecular formula is C55H68F4N10O8. The van der Waals surface area contributed by atoms with E-state index in [0.717, 1.165) is 19.3 Å². The highest BCUT2D eigenvalue weighted by Gasteiger charge is 2.45. The molecule has 7 atom stereocenters. The number of allylic oxidation sites excluding steroid dienone is 4. The molecule has 4 N–H and O–H groups in total. The number of ether oxygens (including phenoxy) is 4. The van der Waals surface area contributed by atoms with Gasteiger partial charge in [0.1, 0.15) is 47.4 Å². The summed E-state index contributed by atoms with van der Waals surface area (Å²) in [6.07, 6.45) is 6.05. The van der Waals surface area contributed by atoms with Crippen LogP contribution in [0.2, 0.25) is 0 Å². The Morgan fingerprint density at radius 1 is 0.623 bits per heavy atom. The number of halogens is 4. The van der Waals surface area contributed by atoms with Gasteiger partial charge in [-0.05, 0) is 126 Å². The maximum Gasteiger partial charge on any atom is 0.407 e. The molecule has 1 unspecified atom stereocenters. The Labute approximate surface area is 443 Å². The van der Waals surface area contributed by atoms with Crippen molar-refractivity contribution in [3.63, 3.8) is 0 Å². The monoisotopic (exact) mass is 1070 g/mol. The summed E-state index contributed by atoms with van der Waals surface area (Å²) in [4.78, 5) is 77.2. The number of methoxy groups -OCH3 is 2. The molecule has 8 heterocycles. The second-order valence-electron chi connectivity index (χ2n) is 21.6. The van der Waals surface area contributed by atoms with Crippen molar-refractivity contribution < 1.29 is 55.7 Å². The van der Waals surface area contributed by atoms with Gasteiger partial charge < -0.3 is 59.1 Å². The van der Waals surface area contributed by atoms with E-state index in [4.69, 9.17) is 28.9 Å². The topological polar surface area (TPSA) is 200 Å². The molecule has 4 amide bonds. The minimum Gasteiger partial charge on any atom is -0.453 e. The molecule has 7 aliphatic rings. The zero-order chi connectivity index (χ0) is 53.5. The molecule has 2 aromatic carbocycles. The van der Waals surface area contributed by atoms with Crippen molar-refractivity contribution in [2.75, 3.05) is 66.8 Å². The van der Waals surface area contributed by atoms with Crippen molar-refractivity contribution in [1.82, 2.24) is 50.2 Å². The number of imidazole rings is 2. The average molecular weight is 1070 g/mol. The highest BCUT2D eigenvalue weighted by atomic mass is 19.1. The van der Waals surface area contributed by atoms with Crippen molar-refractivity contribution >= 4 is 46.1 Å². The van der Waals surface area contributed by atoms with Crippen molar-refractivity contribution in [2.24, 2.45) is 11.8 Å². The maximum atomic E-state index is 17.0. The van der Waals surface area contributed by atoms with Crippen LogP contribution in [0.15, 0.2) is 47.6 Å². The number of benzene rings is 2. The van der Waals surface area contributed by atoms with E-state index >= 15 is 17.6 Å². The lowest BCUT2D eigenvalue weighted by atomic mass is 9.90. The largest absolute Gasteiger partial charge is 0.453 e. The number of aromatic nitrogens is 4. The van der Waals surface area contributed by atoms with Crippen LogP contribution in [-0.4, -0.2) is 149 Å². The van der Waals surface area contributed by atoms with Gasteiger partial charge in [0.15, 0.2) is 0 Å². The number of aromatic amines is 2. The zero-order valence-corrected chi connectivity index (χ0v) is 43.6. The van der Waals surface area contributed by atoms with Crippen LogP contribution < -0.4 is 10.6 Å². The second-order valence-corrected chi connectivity index (χ2v) is 21.6. The van der Waals surface area contributed by atoms with Crippen LogP contribution in [0, 0.1) is 23.5 Å². The lowest BCUT2D eigenvalue weighted by molar-refractivity contribution is -0.137. The van der Waals surface area contributed by atoms with Gasteiger partial charge in [0.25, 0.3) is 0 Å². The van der Waals surface area contributed by atoms with E-state index < -0.39 is 72.1 Å². The van der Waals surface area contributed by atoms with Gasteiger partial charge in [-0.3, -0.25) is 9.59 Å². The van der Waals surface area contributed by atoms with E-state index in [0.29, 0.717) is 151 Å². The molecule has 6 aliphatic heterocycles. The predicted molar refractivity (Wildman–Crippen MR) is 273 cm³/mol. The number of carbonyl (C=O) groups excluding carboxylic acids is 4. The molecule has 4 aromatic rings. The fourth-order valence-corrected chi connectivity index (χ4v) is 13.4. The zero-order valence-electron chi connectivity index (χ0n) is 43.6. The molecule has 414 valence electrons. The number of alkyl halides is 1. The molecule has 11 rings (SSSR count). The van der Waals surface area contributed by atoms with E-state index in [2.05, 4.69) is 20.6 Å². The molecule has 77 heavy (non-hydrogen) atoms. The minimum absolute atomic E-state index is 0.00763. The third-order valence-electron chi connectivity index (χ3n) is 17.2. The first kappa shape index (κ1) is 52.6. The molecule has 6 saturated heterocycles. The van der Waals surface area contributed by atoms with Crippen LogP contribution in [0.1, 0.15) is 137 Å². The molecule has 0 radical (unpaired) electrons. The van der Waals surface area contributed by atoms with Gasteiger partial charge in [0.05, 0.1) is 66.2 Å². The van der Waals surface area contributed by atoms with Crippen molar-refractivity contribution in [3.05, 3.63) is 82.0 Å². The van der Waals surface area contributed by atoms with Crippen LogP contribution in [0.25, 0.3) is 22.1 Å². The normalized spacial score (nSPS) is 25.6. The molecule has 18 nitrogen and oxygen atoms in total. The second kappa shape index (κ2) is 22.5. The number of alkyl carbamates (subject to hydrolysis) is 2. The van der Waals surface area contributed by atoms with Gasteiger partial charge in [-0.2, -0.15) is 0 Å². The van der Waals surface area contributed by atoms with Gasteiger partial charge in [0.2, 0.25) is 11.8 Å². The first-order valence-corrected chi connectivity index (χ1v) is 27.5. The summed E-state index contributed by atoms with van der Waals surface area (Å²) >= 11 is 0. The molecule has 0 bridgehead atoms. The highest BCUT2D eigenvalue weighted by molar-refractivity contribution is 5.88. The quantitative estimate of drug-likeness (QED) is 0.0988. The summed E-state index contributed by atoms with van der Waals surface area (Å²) < 4.78 is 88.1. The van der Waals surface area contributed by atoms with Crippen LogP contribution in [-0.2, 0) is 28.5 Å². The summed E-state index contributed by atoms with van der Waals surface area (Å²) in [5.41, 5.74) is 2.34. The molecule has 1 aliphatic carbocycles. The maximum absolute atomic E-state index is 17.0. The minimum atomic E-state index is -1.70. The molecule has 0 spiro atoms. The summed E-state index contributed by atoms with van der Waals surface area (Å²) in [6.45, 7) is 3.78. The smallest absolute Gasteiger partial charge is 0.407 e. The average Bonchev–Trinajstić information content (AvgIpc) is 4.36. The van der Waals surface area contributed by atoms with Crippen molar-refractivity contribution in [1.29, 1.82) is 0 Å². The lowest BCUT2D eigenvalue weighted by Crippen LogP contribution is -2.53. The van der Waals surface area contributed by atoms with Gasteiger partial charge >= 0.3 is 12.2 Å². The summed E-state index contributed by atoms with van der Waals surface area (Å²) in [7, 11) is 2.50. The van der Waals surface area contributed by atoms with Gasteiger partial charge in [0, 0.05) is 75.9 Å². The first-order chi connectivity index (χ1) is 37.4. The number of nitrogens with zero attached hydrogens (tertiary/aromatic N) is 6. The van der Waals surface area contributed by atoms with Crippen molar-refractivity contribution in [3.8, 4) is 0 Å². The van der Waals surface area contributed by atoms with E-state index in [1.54, 1.807) is 31.7 Å². The Morgan fingerprint density at radius 2 is 1.09 bits per heavy atom. The number of rotatable bonds is 12. The highest BCUT2D eigenvalue weighted by Crippen LogP contribution is 2.51. The fraction of sp³-hybridized carbons (Fsp3) is 0.600. The standard InChI is InChI=1S/C55H68F4N10O8/c1-74-54(72)64-47(30-12-20-76-21-13-30)52(70)67-18-6-8-45(67)50-60-39-26-33(35(56)28-41(39)62-50)43-10-11-44(69(43)32-24-37(58)49(38(59)25-32)66-16-4-3-5-17-66)34-27-40-42(29-36(34)57)63-51(61-40)46-9-7-19-68(46)53(71)48(65-55(73)75-2)31-14-22-77-23-15-31/h24,26-31,38,43-48H,3-23,25H2,1-2H3,(H,60,62)(H,61,63)(H,64,72)(H,65,73)/t38?,43-,44-,45+,46+,47+,48+/m1/s1. The Kier molecular flexibility index (Phi) is 15.4. The van der Waals surface area contributed by atoms with E-state index in [-0.39, 0.29) is 52.6 Å². The molecule has 0 saturated carbocycles. The van der Waals surface area contributed by atoms with Gasteiger partial charge in [-0.1, -0.05) is 0 Å². The van der Waals surface area contributed by atoms with Crippen LogP contribution >= 0.6 is 0 Å². The number of H-pyrrole nitrogens is 2. The fourth-order valence-electron chi connectivity index (χ4n) is 13.4. The molecule has 22 heteroatoms. The number of fused-ring (bicyclic) bond motifs is 2.